The third-order valence-electron chi connectivity index (χ3n) is 3.77. The van der Waals surface area contributed by atoms with E-state index in [1.165, 1.54) is 11.6 Å². The maximum atomic E-state index is 12.6. The van der Waals surface area contributed by atoms with Gasteiger partial charge >= 0.3 is 5.69 Å². The van der Waals surface area contributed by atoms with Crippen LogP contribution < -0.4 is 11.2 Å². The highest BCUT2D eigenvalue weighted by molar-refractivity contribution is 7.99. The number of rotatable bonds is 4. The van der Waals surface area contributed by atoms with Gasteiger partial charge in [0.05, 0.1) is 6.54 Å². The summed E-state index contributed by atoms with van der Waals surface area (Å²) in [6, 6.07) is 9.92. The van der Waals surface area contributed by atoms with Crippen LogP contribution in [0.2, 0.25) is 0 Å². The molecule has 0 radical (unpaired) electrons. The van der Waals surface area contributed by atoms with Gasteiger partial charge in [0.2, 0.25) is 0 Å². The van der Waals surface area contributed by atoms with Gasteiger partial charge in [-0.2, -0.15) is 0 Å². The van der Waals surface area contributed by atoms with Crippen molar-refractivity contribution in [2.75, 3.05) is 5.75 Å². The van der Waals surface area contributed by atoms with Crippen molar-refractivity contribution in [3.63, 3.8) is 0 Å². The Labute approximate surface area is 137 Å². The topological polar surface area (TPSA) is 61.8 Å². The van der Waals surface area contributed by atoms with Gasteiger partial charge in [0, 0.05) is 14.1 Å². The van der Waals surface area contributed by atoms with Crippen molar-refractivity contribution in [2.24, 2.45) is 14.1 Å². The molecule has 0 bridgehead atoms. The molecule has 0 fully saturated rings. The van der Waals surface area contributed by atoms with Crippen LogP contribution in [0.15, 0.2) is 45.1 Å². The largest absolute Gasteiger partial charge is 0.332 e. The lowest BCUT2D eigenvalue weighted by atomic mass is 10.2. The second-order valence-electron chi connectivity index (χ2n) is 5.28. The maximum Gasteiger partial charge on any atom is 0.332 e. The Kier molecular flexibility index (Phi) is 4.12. The second-order valence-corrected chi connectivity index (χ2v) is 6.51. The molecule has 1 aromatic carbocycles. The summed E-state index contributed by atoms with van der Waals surface area (Å²) < 4.78 is 4.46. The molecule has 6 nitrogen and oxygen atoms in total. The molecule has 0 aliphatic carbocycles. The lowest BCUT2D eigenvalue weighted by molar-refractivity contribution is 0.696. The first-order valence-corrected chi connectivity index (χ1v) is 8.36. The van der Waals surface area contributed by atoms with Gasteiger partial charge in [-0.3, -0.25) is 13.9 Å². The van der Waals surface area contributed by atoms with Crippen LogP contribution in [0.3, 0.4) is 0 Å². The normalized spacial score (nSPS) is 11.3. The van der Waals surface area contributed by atoms with Crippen LogP contribution in [0.4, 0.5) is 0 Å². The molecule has 0 unspecified atom stereocenters. The van der Waals surface area contributed by atoms with Crippen molar-refractivity contribution < 1.29 is 0 Å². The first kappa shape index (κ1) is 15.6. The van der Waals surface area contributed by atoms with Crippen LogP contribution in [0, 0.1) is 0 Å². The summed E-state index contributed by atoms with van der Waals surface area (Å²) in [4.78, 5) is 29.3. The van der Waals surface area contributed by atoms with Gasteiger partial charge in [-0.15, -0.1) is 0 Å². The van der Waals surface area contributed by atoms with Gasteiger partial charge in [-0.25, -0.2) is 9.78 Å². The van der Waals surface area contributed by atoms with Crippen molar-refractivity contribution in [1.82, 2.24) is 18.7 Å². The second kappa shape index (κ2) is 6.08. The average molecular weight is 330 g/mol. The fraction of sp³-hybridized carbons (Fsp3) is 0.312. The van der Waals surface area contributed by atoms with Crippen LogP contribution in [-0.2, 0) is 20.6 Å². The summed E-state index contributed by atoms with van der Waals surface area (Å²) in [6.45, 7) is 2.58. The third kappa shape index (κ3) is 2.61. The van der Waals surface area contributed by atoms with E-state index in [-0.39, 0.29) is 11.2 Å². The number of hydrogen-bond donors (Lipinski definition) is 0. The van der Waals surface area contributed by atoms with Crippen LogP contribution in [-0.4, -0.2) is 24.4 Å². The Balaban J connectivity index is 2.32. The van der Waals surface area contributed by atoms with Crippen LogP contribution in [0.25, 0.3) is 11.2 Å². The Morgan fingerprint density at radius 1 is 1.09 bits per heavy atom. The Morgan fingerprint density at radius 3 is 2.43 bits per heavy atom. The molecule has 7 heteroatoms. The highest BCUT2D eigenvalue weighted by atomic mass is 32.2. The lowest BCUT2D eigenvalue weighted by Gasteiger charge is -2.09. The van der Waals surface area contributed by atoms with Crippen molar-refractivity contribution >= 4 is 22.9 Å². The first-order valence-electron chi connectivity index (χ1n) is 7.37. The van der Waals surface area contributed by atoms with Crippen LogP contribution >= 0.6 is 11.8 Å². The van der Waals surface area contributed by atoms with Crippen molar-refractivity contribution in [3.05, 3.63) is 56.7 Å². The van der Waals surface area contributed by atoms with Crippen molar-refractivity contribution in [2.45, 2.75) is 18.6 Å². The van der Waals surface area contributed by atoms with Gasteiger partial charge in [0.25, 0.3) is 5.56 Å². The van der Waals surface area contributed by atoms with E-state index in [1.807, 2.05) is 41.8 Å². The number of thioether (sulfide) groups is 1. The summed E-state index contributed by atoms with van der Waals surface area (Å²) in [5.41, 5.74) is 1.31. The lowest BCUT2D eigenvalue weighted by Crippen LogP contribution is -2.37. The molecule has 0 aliphatic heterocycles. The van der Waals surface area contributed by atoms with E-state index in [2.05, 4.69) is 4.98 Å². The SMILES string of the molecule is CCSc1nc2c(c(=O)n(C)c(=O)n2C)n1Cc1ccccc1. The van der Waals surface area contributed by atoms with E-state index in [0.29, 0.717) is 17.7 Å². The van der Waals surface area contributed by atoms with Crippen LogP contribution in [0.1, 0.15) is 12.5 Å². The smallest absolute Gasteiger partial charge is 0.309 e. The number of fused-ring (bicyclic) bond motifs is 1. The minimum atomic E-state index is -0.361. The van der Waals surface area contributed by atoms with E-state index in [0.717, 1.165) is 21.0 Å². The summed E-state index contributed by atoms with van der Waals surface area (Å²) in [5, 5.41) is 0.754. The number of aryl methyl sites for hydroxylation is 1. The zero-order valence-electron chi connectivity index (χ0n) is 13.3. The molecule has 120 valence electrons. The highest BCUT2D eigenvalue weighted by Crippen LogP contribution is 2.22. The number of imidazole rings is 1. The minimum Gasteiger partial charge on any atom is -0.309 e. The fourth-order valence-electron chi connectivity index (χ4n) is 2.58. The Hall–Kier alpha value is -2.28. The molecule has 0 amide bonds. The quantitative estimate of drug-likeness (QED) is 0.682. The van der Waals surface area contributed by atoms with E-state index in [1.54, 1.807) is 18.8 Å². The standard InChI is InChI=1S/C16H18N4O2S/c1-4-23-15-17-13-12(14(21)19(3)16(22)18(13)2)20(15)10-11-8-6-5-7-9-11/h5-9H,4,10H2,1-3H3. The summed E-state index contributed by atoms with van der Waals surface area (Å²) in [7, 11) is 3.14. The molecule has 2 aromatic heterocycles. The monoisotopic (exact) mass is 330 g/mol. The van der Waals surface area contributed by atoms with E-state index in [4.69, 9.17) is 0 Å². The van der Waals surface area contributed by atoms with E-state index < -0.39 is 0 Å². The van der Waals surface area contributed by atoms with Gasteiger partial charge < -0.3 is 4.57 Å². The average Bonchev–Trinajstić information content (AvgIpc) is 2.91. The third-order valence-corrected chi connectivity index (χ3v) is 4.63. The number of aromatic nitrogens is 4. The molecular formula is C16H18N4O2S. The Bertz CT molecular complexity index is 970. The predicted octanol–water partition coefficient (Wildman–Crippen LogP) is 1.59. The van der Waals surface area contributed by atoms with Crippen LogP contribution in [0.5, 0.6) is 0 Å². The fourth-order valence-corrected chi connectivity index (χ4v) is 3.30. The highest BCUT2D eigenvalue weighted by Gasteiger charge is 2.19. The van der Waals surface area contributed by atoms with E-state index >= 15 is 0 Å². The molecule has 3 rings (SSSR count). The number of nitrogens with zero attached hydrogens (tertiary/aromatic N) is 4. The van der Waals surface area contributed by atoms with Gasteiger partial charge in [0.1, 0.15) is 0 Å². The molecule has 0 aliphatic rings. The van der Waals surface area contributed by atoms with Crippen molar-refractivity contribution in [1.29, 1.82) is 0 Å². The molecule has 23 heavy (non-hydrogen) atoms. The molecular weight excluding hydrogens is 312 g/mol. The molecule has 2 heterocycles. The summed E-state index contributed by atoms with van der Waals surface area (Å²) >= 11 is 1.56. The van der Waals surface area contributed by atoms with Crippen molar-refractivity contribution in [3.8, 4) is 0 Å². The first-order chi connectivity index (χ1) is 11.0. The summed E-state index contributed by atoms with van der Waals surface area (Å²) in [6.07, 6.45) is 0. The predicted molar refractivity (Wildman–Crippen MR) is 92.2 cm³/mol. The van der Waals surface area contributed by atoms with E-state index in [9.17, 15) is 9.59 Å². The molecule has 0 saturated carbocycles. The zero-order chi connectivity index (χ0) is 16.6. The summed E-state index contributed by atoms with van der Waals surface area (Å²) in [5.74, 6) is 0.840. The van der Waals surface area contributed by atoms with Gasteiger partial charge in [-0.05, 0) is 11.3 Å². The number of benzene rings is 1. The molecule has 3 aromatic rings. The molecule has 0 spiro atoms. The number of hydrogen-bond acceptors (Lipinski definition) is 4. The molecule has 0 atom stereocenters. The molecule has 0 N–H and O–H groups in total. The Morgan fingerprint density at radius 2 is 1.78 bits per heavy atom. The minimum absolute atomic E-state index is 0.311. The molecule has 0 saturated heterocycles. The maximum absolute atomic E-state index is 12.6. The zero-order valence-corrected chi connectivity index (χ0v) is 14.1. The van der Waals surface area contributed by atoms with Gasteiger partial charge in [-0.1, -0.05) is 49.0 Å². The van der Waals surface area contributed by atoms with Gasteiger partial charge in [0.15, 0.2) is 16.3 Å².